The molecule has 0 unspecified atom stereocenters. The van der Waals surface area contributed by atoms with Crippen LogP contribution in [-0.4, -0.2) is 10.2 Å². The van der Waals surface area contributed by atoms with Gasteiger partial charge in [-0.1, -0.05) is 119 Å². The lowest BCUT2D eigenvalue weighted by atomic mass is 9.80. The summed E-state index contributed by atoms with van der Waals surface area (Å²) in [6.45, 7) is 8.25. The SMILES string of the molecule is Cc1ccc2c(c1)C(O)(c1ccc(C3(O)c4cc(C)ccc4-c4ccc(C)cc43)cc1)c1cc(C)ccc1-2. The van der Waals surface area contributed by atoms with Gasteiger partial charge in [0.05, 0.1) is 0 Å². The fourth-order valence-electron chi connectivity index (χ4n) is 6.63. The molecule has 0 fully saturated rings. The Morgan fingerprint density at radius 3 is 0.842 bits per heavy atom. The molecule has 2 aliphatic carbocycles. The standard InChI is InChI=1S/C36H30O2/c1-21-5-13-27-28-14-6-22(2)18-32(28)35(37,31(27)17-21)25-9-11-26(12-10-25)36(38)33-19-23(3)7-15-29(33)30-16-8-24(4)20-34(30)36/h5-20,37-38H,1-4H3. The highest BCUT2D eigenvalue weighted by molar-refractivity contribution is 5.84. The first-order valence-electron chi connectivity index (χ1n) is 13.2. The van der Waals surface area contributed by atoms with Crippen LogP contribution in [0, 0.1) is 27.7 Å². The predicted octanol–water partition coefficient (Wildman–Crippen LogP) is 7.45. The zero-order chi connectivity index (χ0) is 26.4. The minimum atomic E-state index is -1.26. The topological polar surface area (TPSA) is 40.5 Å². The van der Waals surface area contributed by atoms with Crippen LogP contribution in [0.2, 0.25) is 0 Å². The number of aliphatic hydroxyl groups is 2. The van der Waals surface area contributed by atoms with E-state index in [9.17, 15) is 10.2 Å². The molecule has 0 aromatic heterocycles. The van der Waals surface area contributed by atoms with Crippen molar-refractivity contribution in [1.29, 1.82) is 0 Å². The molecule has 2 heteroatoms. The number of hydrogen-bond donors (Lipinski definition) is 2. The Labute approximate surface area is 223 Å². The molecule has 0 saturated carbocycles. The van der Waals surface area contributed by atoms with Gasteiger partial charge in [-0.05, 0) is 61.1 Å². The van der Waals surface area contributed by atoms with E-state index in [0.29, 0.717) is 0 Å². The molecule has 7 rings (SSSR count). The summed E-state index contributed by atoms with van der Waals surface area (Å²) in [5.74, 6) is 0. The minimum Gasteiger partial charge on any atom is -0.376 e. The molecule has 0 saturated heterocycles. The maximum absolute atomic E-state index is 12.5. The Bertz CT molecular complexity index is 1540. The highest BCUT2D eigenvalue weighted by atomic mass is 16.3. The molecular weight excluding hydrogens is 464 g/mol. The molecule has 0 atom stereocenters. The van der Waals surface area contributed by atoms with Gasteiger partial charge in [-0.25, -0.2) is 0 Å². The fraction of sp³-hybridized carbons (Fsp3) is 0.167. The van der Waals surface area contributed by atoms with Crippen molar-refractivity contribution in [2.45, 2.75) is 38.9 Å². The Kier molecular flexibility index (Phi) is 4.73. The Balaban J connectivity index is 1.42. The third-order valence-corrected chi connectivity index (χ3v) is 8.56. The first kappa shape index (κ1) is 23.2. The summed E-state index contributed by atoms with van der Waals surface area (Å²) in [5.41, 5.74) is 11.4. The van der Waals surface area contributed by atoms with Gasteiger partial charge in [-0.3, -0.25) is 0 Å². The molecule has 0 amide bonds. The molecule has 0 radical (unpaired) electrons. The van der Waals surface area contributed by atoms with Gasteiger partial charge in [0.25, 0.3) is 0 Å². The van der Waals surface area contributed by atoms with Gasteiger partial charge < -0.3 is 10.2 Å². The second-order valence-electron chi connectivity index (χ2n) is 11.2. The molecule has 0 bridgehead atoms. The maximum atomic E-state index is 12.5. The van der Waals surface area contributed by atoms with Gasteiger partial charge in [0.15, 0.2) is 0 Å². The average Bonchev–Trinajstić information content (AvgIpc) is 3.30. The van der Waals surface area contributed by atoms with Gasteiger partial charge in [0.1, 0.15) is 11.2 Å². The summed E-state index contributed by atoms with van der Waals surface area (Å²) >= 11 is 0. The lowest BCUT2D eigenvalue weighted by Crippen LogP contribution is -2.28. The van der Waals surface area contributed by atoms with Crippen LogP contribution in [0.4, 0.5) is 0 Å². The number of fused-ring (bicyclic) bond motifs is 6. The molecule has 0 spiro atoms. The third kappa shape index (κ3) is 2.96. The number of benzene rings is 5. The Morgan fingerprint density at radius 1 is 0.368 bits per heavy atom. The molecule has 0 heterocycles. The van der Waals surface area contributed by atoms with Gasteiger partial charge in [-0.2, -0.15) is 0 Å². The van der Waals surface area contributed by atoms with E-state index < -0.39 is 11.2 Å². The summed E-state index contributed by atoms with van der Waals surface area (Å²) in [7, 11) is 0. The van der Waals surface area contributed by atoms with E-state index in [1.807, 2.05) is 24.3 Å². The Morgan fingerprint density at radius 2 is 0.605 bits per heavy atom. The van der Waals surface area contributed by atoms with E-state index in [1.165, 1.54) is 0 Å². The van der Waals surface area contributed by atoms with Crippen molar-refractivity contribution in [2.75, 3.05) is 0 Å². The van der Waals surface area contributed by atoms with E-state index in [4.69, 9.17) is 0 Å². The summed E-state index contributed by atoms with van der Waals surface area (Å²) < 4.78 is 0. The van der Waals surface area contributed by atoms with Crippen molar-refractivity contribution < 1.29 is 10.2 Å². The van der Waals surface area contributed by atoms with E-state index in [-0.39, 0.29) is 0 Å². The van der Waals surface area contributed by atoms with Crippen molar-refractivity contribution in [2.24, 2.45) is 0 Å². The molecule has 2 nitrogen and oxygen atoms in total. The molecule has 38 heavy (non-hydrogen) atoms. The second kappa shape index (κ2) is 7.77. The van der Waals surface area contributed by atoms with Crippen LogP contribution < -0.4 is 0 Å². The molecular formula is C36H30O2. The normalized spacial score (nSPS) is 15.5. The first-order chi connectivity index (χ1) is 18.2. The van der Waals surface area contributed by atoms with E-state index in [0.717, 1.165) is 77.9 Å². The highest BCUT2D eigenvalue weighted by Gasteiger charge is 2.46. The van der Waals surface area contributed by atoms with Crippen LogP contribution in [0.15, 0.2) is 97.1 Å². The molecule has 5 aromatic carbocycles. The Hall–Kier alpha value is -3.98. The van der Waals surface area contributed by atoms with Crippen LogP contribution >= 0.6 is 0 Å². The van der Waals surface area contributed by atoms with Crippen LogP contribution in [0.3, 0.4) is 0 Å². The molecule has 0 aliphatic heterocycles. The van der Waals surface area contributed by atoms with Gasteiger partial charge in [-0.15, -0.1) is 0 Å². The van der Waals surface area contributed by atoms with Crippen molar-refractivity contribution in [1.82, 2.24) is 0 Å². The lowest BCUT2D eigenvalue weighted by Gasteiger charge is -2.30. The van der Waals surface area contributed by atoms with E-state index in [1.54, 1.807) is 0 Å². The molecule has 2 N–H and O–H groups in total. The first-order valence-corrected chi connectivity index (χ1v) is 13.2. The van der Waals surface area contributed by atoms with Crippen LogP contribution in [0.5, 0.6) is 0 Å². The average molecular weight is 495 g/mol. The number of aryl methyl sites for hydroxylation is 4. The number of hydrogen-bond acceptors (Lipinski definition) is 2. The van der Waals surface area contributed by atoms with Crippen LogP contribution in [-0.2, 0) is 11.2 Å². The van der Waals surface area contributed by atoms with E-state index in [2.05, 4.69) is 100 Å². The summed E-state index contributed by atoms with van der Waals surface area (Å²) in [5, 5.41) is 24.9. The lowest BCUT2D eigenvalue weighted by molar-refractivity contribution is 0.126. The monoisotopic (exact) mass is 494 g/mol. The fourth-order valence-corrected chi connectivity index (χ4v) is 6.63. The van der Waals surface area contributed by atoms with Crippen molar-refractivity contribution >= 4 is 0 Å². The zero-order valence-electron chi connectivity index (χ0n) is 22.1. The van der Waals surface area contributed by atoms with Gasteiger partial charge in [0.2, 0.25) is 0 Å². The van der Waals surface area contributed by atoms with Crippen molar-refractivity contribution in [3.05, 3.63) is 153 Å². The smallest absolute Gasteiger partial charge is 0.141 e. The van der Waals surface area contributed by atoms with Crippen LogP contribution in [0.1, 0.15) is 55.6 Å². The quantitative estimate of drug-likeness (QED) is 0.268. The second-order valence-corrected chi connectivity index (χ2v) is 11.2. The van der Waals surface area contributed by atoms with Crippen LogP contribution in [0.25, 0.3) is 22.3 Å². The summed E-state index contributed by atoms with van der Waals surface area (Å²) in [6.07, 6.45) is 0. The molecule has 2 aliphatic rings. The summed E-state index contributed by atoms with van der Waals surface area (Å²) in [6, 6.07) is 33.2. The minimum absolute atomic E-state index is 0.799. The molecule has 186 valence electrons. The maximum Gasteiger partial charge on any atom is 0.141 e. The summed E-state index contributed by atoms with van der Waals surface area (Å²) in [4.78, 5) is 0. The highest BCUT2D eigenvalue weighted by Crippen LogP contribution is 2.54. The largest absolute Gasteiger partial charge is 0.376 e. The molecule has 5 aromatic rings. The van der Waals surface area contributed by atoms with Crippen molar-refractivity contribution in [3.8, 4) is 22.3 Å². The van der Waals surface area contributed by atoms with E-state index >= 15 is 0 Å². The van der Waals surface area contributed by atoms with Gasteiger partial charge >= 0.3 is 0 Å². The third-order valence-electron chi connectivity index (χ3n) is 8.56. The predicted molar refractivity (Wildman–Crippen MR) is 153 cm³/mol. The zero-order valence-corrected chi connectivity index (χ0v) is 22.1. The van der Waals surface area contributed by atoms with Gasteiger partial charge in [0, 0.05) is 22.3 Å². The number of rotatable bonds is 2. The van der Waals surface area contributed by atoms with Crippen molar-refractivity contribution in [3.63, 3.8) is 0 Å².